The van der Waals surface area contributed by atoms with Gasteiger partial charge in [0.15, 0.2) is 0 Å². The zero-order valence-corrected chi connectivity index (χ0v) is 9.60. The molecule has 0 saturated heterocycles. The van der Waals surface area contributed by atoms with Gasteiger partial charge in [0.05, 0.1) is 6.10 Å². The Hall–Kier alpha value is -0.940. The van der Waals surface area contributed by atoms with Crippen molar-refractivity contribution in [3.05, 3.63) is 18.0 Å². The number of nitrogens with zero attached hydrogens (tertiary/aromatic N) is 2. The van der Waals surface area contributed by atoms with Gasteiger partial charge in [0.25, 0.3) is 0 Å². The van der Waals surface area contributed by atoms with E-state index in [-0.39, 0.29) is 18.8 Å². The van der Waals surface area contributed by atoms with Gasteiger partial charge < -0.3 is 9.47 Å². The van der Waals surface area contributed by atoms with Crippen LogP contribution in [0.2, 0.25) is 0 Å². The third-order valence-electron chi connectivity index (χ3n) is 3.09. The van der Waals surface area contributed by atoms with Crippen LogP contribution in [-0.4, -0.2) is 36.0 Å². The second-order valence-electron chi connectivity index (χ2n) is 4.17. The summed E-state index contributed by atoms with van der Waals surface area (Å²) < 4.78 is 25.6. The summed E-state index contributed by atoms with van der Waals surface area (Å²) in [7, 11) is 3.44. The predicted octanol–water partition coefficient (Wildman–Crippen LogP) is 1.62. The van der Waals surface area contributed by atoms with Crippen LogP contribution in [0.1, 0.15) is 24.5 Å². The molecule has 0 amide bonds. The van der Waals surface area contributed by atoms with Crippen molar-refractivity contribution in [1.82, 2.24) is 9.78 Å². The Morgan fingerprint density at radius 2 is 2.38 bits per heavy atom. The summed E-state index contributed by atoms with van der Waals surface area (Å²) in [5.41, 5.74) is 1.03. The fourth-order valence-corrected chi connectivity index (χ4v) is 2.34. The highest BCUT2D eigenvalue weighted by Gasteiger charge is 2.37. The molecule has 1 aliphatic carbocycles. The van der Waals surface area contributed by atoms with Gasteiger partial charge in [-0.25, -0.2) is 4.39 Å². The maximum atomic E-state index is 13.4. The number of aryl methyl sites for hydroxylation is 1. The van der Waals surface area contributed by atoms with E-state index in [0.717, 1.165) is 5.69 Å². The zero-order valence-electron chi connectivity index (χ0n) is 9.60. The Labute approximate surface area is 94.3 Å². The minimum atomic E-state index is -0.790. The summed E-state index contributed by atoms with van der Waals surface area (Å²) in [4.78, 5) is 0. The molecule has 2 rings (SSSR count). The van der Waals surface area contributed by atoms with Crippen LogP contribution in [0.5, 0.6) is 0 Å². The first-order chi connectivity index (χ1) is 7.72. The van der Waals surface area contributed by atoms with E-state index in [9.17, 15) is 4.39 Å². The molecule has 3 unspecified atom stereocenters. The summed E-state index contributed by atoms with van der Waals surface area (Å²) in [6, 6.07) is 1.92. The highest BCUT2D eigenvalue weighted by atomic mass is 19.1. The van der Waals surface area contributed by atoms with Gasteiger partial charge in [-0.15, -0.1) is 0 Å². The Balaban J connectivity index is 2.09. The molecule has 0 aliphatic heterocycles. The van der Waals surface area contributed by atoms with Crippen LogP contribution in [-0.2, 0) is 16.5 Å². The van der Waals surface area contributed by atoms with Crippen molar-refractivity contribution in [2.45, 2.75) is 31.0 Å². The van der Waals surface area contributed by atoms with Gasteiger partial charge >= 0.3 is 0 Å². The van der Waals surface area contributed by atoms with Crippen LogP contribution in [0.4, 0.5) is 4.39 Å². The van der Waals surface area contributed by atoms with Crippen LogP contribution in [0.15, 0.2) is 12.3 Å². The highest BCUT2D eigenvalue weighted by molar-refractivity contribution is 5.13. The SMILES string of the molecule is COCOC1CC(F)CC1c1ccnn1C. The normalized spacial score (nSPS) is 29.8. The Morgan fingerprint density at radius 3 is 3.00 bits per heavy atom. The van der Waals surface area contributed by atoms with Gasteiger partial charge in [-0.3, -0.25) is 4.68 Å². The first-order valence-electron chi connectivity index (χ1n) is 5.45. The topological polar surface area (TPSA) is 36.3 Å². The van der Waals surface area contributed by atoms with Crippen LogP contribution >= 0.6 is 0 Å². The van der Waals surface area contributed by atoms with Crippen LogP contribution in [0, 0.1) is 0 Å². The summed E-state index contributed by atoms with van der Waals surface area (Å²) in [5, 5.41) is 4.11. The Kier molecular flexibility index (Phi) is 3.56. The fourth-order valence-electron chi connectivity index (χ4n) is 2.34. The van der Waals surface area contributed by atoms with Crippen LogP contribution in [0.3, 0.4) is 0 Å². The van der Waals surface area contributed by atoms with E-state index in [1.54, 1.807) is 18.0 Å². The number of alkyl halides is 1. The maximum Gasteiger partial charge on any atom is 0.146 e. The van der Waals surface area contributed by atoms with E-state index in [2.05, 4.69) is 5.10 Å². The van der Waals surface area contributed by atoms with E-state index >= 15 is 0 Å². The number of aromatic nitrogens is 2. The van der Waals surface area contributed by atoms with E-state index < -0.39 is 6.17 Å². The lowest BCUT2D eigenvalue weighted by molar-refractivity contribution is -0.0760. The molecule has 1 aliphatic rings. The molecule has 5 heteroatoms. The van der Waals surface area contributed by atoms with Gasteiger partial charge in [0.1, 0.15) is 13.0 Å². The zero-order chi connectivity index (χ0) is 11.5. The molecule has 90 valence electrons. The van der Waals surface area contributed by atoms with Crippen molar-refractivity contribution in [2.75, 3.05) is 13.9 Å². The van der Waals surface area contributed by atoms with Gasteiger partial charge in [-0.1, -0.05) is 0 Å². The number of hydrogen-bond donors (Lipinski definition) is 0. The van der Waals surface area contributed by atoms with Crippen molar-refractivity contribution >= 4 is 0 Å². The van der Waals surface area contributed by atoms with E-state index in [1.807, 2.05) is 13.1 Å². The first-order valence-corrected chi connectivity index (χ1v) is 5.45. The number of hydrogen-bond acceptors (Lipinski definition) is 3. The summed E-state index contributed by atoms with van der Waals surface area (Å²) in [6.07, 6.45) is 1.79. The summed E-state index contributed by atoms with van der Waals surface area (Å²) in [5.74, 6) is 0.0812. The van der Waals surface area contributed by atoms with Gasteiger partial charge in [0.2, 0.25) is 0 Å². The van der Waals surface area contributed by atoms with Gasteiger partial charge in [-0.2, -0.15) is 5.10 Å². The molecule has 0 aromatic carbocycles. The molecule has 3 atom stereocenters. The van der Waals surface area contributed by atoms with Crippen molar-refractivity contribution in [3.63, 3.8) is 0 Å². The molecule has 0 radical (unpaired) electrons. The number of rotatable bonds is 4. The molecule has 0 spiro atoms. The van der Waals surface area contributed by atoms with E-state index in [4.69, 9.17) is 9.47 Å². The minimum absolute atomic E-state index is 0.0812. The van der Waals surface area contributed by atoms with Crippen LogP contribution < -0.4 is 0 Å². The maximum absolute atomic E-state index is 13.4. The third kappa shape index (κ3) is 2.25. The lowest BCUT2D eigenvalue weighted by atomic mass is 10.0. The first kappa shape index (κ1) is 11.5. The van der Waals surface area contributed by atoms with Crippen molar-refractivity contribution < 1.29 is 13.9 Å². The minimum Gasteiger partial charge on any atom is -0.359 e. The Morgan fingerprint density at radius 1 is 1.56 bits per heavy atom. The molecule has 1 fully saturated rings. The summed E-state index contributed by atoms with van der Waals surface area (Å²) in [6.45, 7) is 0.214. The van der Waals surface area contributed by atoms with E-state index in [0.29, 0.717) is 12.8 Å². The molecule has 0 N–H and O–H groups in total. The second kappa shape index (κ2) is 4.93. The lowest BCUT2D eigenvalue weighted by Gasteiger charge is -2.19. The molecular formula is C11H17FN2O2. The van der Waals surface area contributed by atoms with Gasteiger partial charge in [0, 0.05) is 38.4 Å². The molecule has 0 bridgehead atoms. The average molecular weight is 228 g/mol. The third-order valence-corrected chi connectivity index (χ3v) is 3.09. The highest BCUT2D eigenvalue weighted by Crippen LogP contribution is 2.37. The fraction of sp³-hybridized carbons (Fsp3) is 0.727. The molecule has 1 aromatic heterocycles. The molecule has 1 saturated carbocycles. The largest absolute Gasteiger partial charge is 0.359 e. The monoisotopic (exact) mass is 228 g/mol. The second-order valence-corrected chi connectivity index (χ2v) is 4.17. The predicted molar refractivity (Wildman–Crippen MR) is 56.8 cm³/mol. The lowest BCUT2D eigenvalue weighted by Crippen LogP contribution is -2.20. The Bertz CT molecular complexity index is 342. The number of ether oxygens (including phenoxy) is 2. The van der Waals surface area contributed by atoms with Crippen molar-refractivity contribution in [1.29, 1.82) is 0 Å². The molecule has 16 heavy (non-hydrogen) atoms. The standard InChI is InChI=1S/C11H17FN2O2/c1-14-10(3-4-13-14)9-5-8(12)6-11(9)16-7-15-2/h3-4,8-9,11H,5-7H2,1-2H3. The van der Waals surface area contributed by atoms with Crippen molar-refractivity contribution in [3.8, 4) is 0 Å². The molecule has 4 nitrogen and oxygen atoms in total. The van der Waals surface area contributed by atoms with Gasteiger partial charge in [-0.05, 0) is 12.5 Å². The molecule has 1 aromatic rings. The van der Waals surface area contributed by atoms with E-state index in [1.165, 1.54) is 0 Å². The molecular weight excluding hydrogens is 211 g/mol. The average Bonchev–Trinajstić information content (AvgIpc) is 2.81. The number of halogens is 1. The van der Waals surface area contributed by atoms with Crippen molar-refractivity contribution in [2.24, 2.45) is 7.05 Å². The molecule has 1 heterocycles. The smallest absolute Gasteiger partial charge is 0.146 e. The van der Waals surface area contributed by atoms with Crippen LogP contribution in [0.25, 0.3) is 0 Å². The summed E-state index contributed by atoms with van der Waals surface area (Å²) >= 11 is 0. The quantitative estimate of drug-likeness (QED) is 0.735. The number of methoxy groups -OCH3 is 1.